The highest BCUT2D eigenvalue weighted by molar-refractivity contribution is 7.16. The fraction of sp³-hybridized carbons (Fsp3) is 0.417. The lowest BCUT2D eigenvalue weighted by atomic mass is 10.1. The zero-order valence-corrected chi connectivity index (χ0v) is 12.7. The molecule has 0 bridgehead atoms. The van der Waals surface area contributed by atoms with Crippen LogP contribution in [0.25, 0.3) is 0 Å². The molecular formula is C12H15ClN4O2S. The van der Waals surface area contributed by atoms with Gasteiger partial charge in [-0.1, -0.05) is 18.5 Å². The summed E-state index contributed by atoms with van der Waals surface area (Å²) in [5.74, 6) is -0.555. The predicted octanol–water partition coefficient (Wildman–Crippen LogP) is 2.11. The summed E-state index contributed by atoms with van der Waals surface area (Å²) in [4.78, 5) is 16.3. The molecular weight excluding hydrogens is 300 g/mol. The van der Waals surface area contributed by atoms with Crippen molar-refractivity contribution in [3.8, 4) is 0 Å². The molecule has 2 atom stereocenters. The van der Waals surface area contributed by atoms with Crippen LogP contribution in [-0.4, -0.2) is 33.9 Å². The number of ether oxygens (including phenoxy) is 1. The number of carbonyl (C=O) groups is 1. The Labute approximate surface area is 125 Å². The largest absolute Gasteiger partial charge is 0.463 e. The molecule has 0 fully saturated rings. The van der Waals surface area contributed by atoms with E-state index in [9.17, 15) is 4.79 Å². The zero-order valence-electron chi connectivity index (χ0n) is 11.1. The Morgan fingerprint density at radius 3 is 2.90 bits per heavy atom. The third-order valence-electron chi connectivity index (χ3n) is 2.92. The molecule has 0 saturated carbocycles. The van der Waals surface area contributed by atoms with Gasteiger partial charge in [-0.05, 0) is 18.6 Å². The molecule has 0 saturated heterocycles. The van der Waals surface area contributed by atoms with Gasteiger partial charge in [-0.2, -0.15) is 0 Å². The number of aromatic nitrogens is 3. The highest BCUT2D eigenvalue weighted by Gasteiger charge is 2.25. The summed E-state index contributed by atoms with van der Waals surface area (Å²) in [7, 11) is 1.29. The SMILES string of the molecule is CCC(N)C(c1ccc(Cl)s1)n1cnc(C(=O)OC)n1. The molecule has 2 rings (SSSR count). The molecule has 2 unspecified atom stereocenters. The monoisotopic (exact) mass is 314 g/mol. The fourth-order valence-electron chi connectivity index (χ4n) is 1.84. The van der Waals surface area contributed by atoms with E-state index >= 15 is 0 Å². The van der Waals surface area contributed by atoms with Crippen LogP contribution < -0.4 is 5.73 Å². The number of methoxy groups -OCH3 is 1. The number of carbonyl (C=O) groups excluding carboxylic acids is 1. The van der Waals surface area contributed by atoms with Crippen molar-refractivity contribution < 1.29 is 9.53 Å². The number of hydrogen-bond acceptors (Lipinski definition) is 6. The molecule has 108 valence electrons. The molecule has 2 aromatic heterocycles. The van der Waals surface area contributed by atoms with Crippen molar-refractivity contribution in [3.63, 3.8) is 0 Å². The molecule has 0 aliphatic carbocycles. The van der Waals surface area contributed by atoms with Crippen molar-refractivity contribution in [1.29, 1.82) is 0 Å². The second-order valence-electron chi connectivity index (χ2n) is 4.20. The number of rotatable bonds is 5. The molecule has 8 heteroatoms. The van der Waals surface area contributed by atoms with Crippen molar-refractivity contribution in [2.24, 2.45) is 5.73 Å². The van der Waals surface area contributed by atoms with Crippen LogP contribution in [0.2, 0.25) is 4.34 Å². The van der Waals surface area contributed by atoms with Crippen LogP contribution in [0.5, 0.6) is 0 Å². The first-order valence-electron chi connectivity index (χ1n) is 6.07. The molecule has 6 nitrogen and oxygen atoms in total. The Morgan fingerprint density at radius 2 is 2.35 bits per heavy atom. The van der Waals surface area contributed by atoms with E-state index in [-0.39, 0.29) is 17.9 Å². The van der Waals surface area contributed by atoms with Gasteiger partial charge in [0.2, 0.25) is 0 Å². The average molecular weight is 315 g/mol. The first kappa shape index (κ1) is 15.0. The highest BCUT2D eigenvalue weighted by atomic mass is 35.5. The fourth-order valence-corrected chi connectivity index (χ4v) is 3.07. The normalized spacial score (nSPS) is 14.0. The molecule has 2 heterocycles. The Balaban J connectivity index is 2.36. The Bertz CT molecular complexity index is 598. The number of halogens is 1. The van der Waals surface area contributed by atoms with E-state index in [1.807, 2.05) is 19.1 Å². The topological polar surface area (TPSA) is 83.0 Å². The Kier molecular flexibility index (Phi) is 4.74. The maximum Gasteiger partial charge on any atom is 0.377 e. The van der Waals surface area contributed by atoms with Gasteiger partial charge in [-0.3, -0.25) is 0 Å². The van der Waals surface area contributed by atoms with Crippen molar-refractivity contribution in [2.75, 3.05) is 7.11 Å². The number of thiophene rings is 1. The van der Waals surface area contributed by atoms with Gasteiger partial charge in [-0.25, -0.2) is 14.5 Å². The summed E-state index contributed by atoms with van der Waals surface area (Å²) in [6.45, 7) is 1.99. The van der Waals surface area contributed by atoms with Gasteiger partial charge >= 0.3 is 5.97 Å². The molecule has 20 heavy (non-hydrogen) atoms. The zero-order chi connectivity index (χ0) is 14.7. The minimum atomic E-state index is -0.572. The lowest BCUT2D eigenvalue weighted by Gasteiger charge is -2.21. The first-order chi connectivity index (χ1) is 9.56. The average Bonchev–Trinajstić information content (AvgIpc) is 3.08. The molecule has 2 N–H and O–H groups in total. The predicted molar refractivity (Wildman–Crippen MR) is 77.1 cm³/mol. The standard InChI is InChI=1S/C12H15ClN4O2S/c1-3-7(14)10(8-4-5-9(13)20-8)17-6-15-11(16-17)12(18)19-2/h4-7,10H,3,14H2,1-2H3. The minimum Gasteiger partial charge on any atom is -0.463 e. The molecule has 0 aliphatic heterocycles. The molecule has 0 amide bonds. The van der Waals surface area contributed by atoms with Gasteiger partial charge < -0.3 is 10.5 Å². The van der Waals surface area contributed by atoms with Gasteiger partial charge in [0.05, 0.1) is 11.4 Å². The quantitative estimate of drug-likeness (QED) is 0.855. The van der Waals surface area contributed by atoms with Crippen molar-refractivity contribution in [3.05, 3.63) is 33.5 Å². The molecule has 0 spiro atoms. The third-order valence-corrected chi connectivity index (χ3v) is 4.23. The van der Waals surface area contributed by atoms with Crippen LogP contribution in [0.4, 0.5) is 0 Å². The second kappa shape index (κ2) is 6.34. The van der Waals surface area contributed by atoms with E-state index in [1.54, 1.807) is 4.68 Å². The summed E-state index contributed by atoms with van der Waals surface area (Å²) in [5, 5.41) is 4.15. The summed E-state index contributed by atoms with van der Waals surface area (Å²) < 4.78 is 6.87. The van der Waals surface area contributed by atoms with Crippen LogP contribution in [0.15, 0.2) is 18.5 Å². The van der Waals surface area contributed by atoms with E-state index in [4.69, 9.17) is 17.3 Å². The number of hydrogen-bond donors (Lipinski definition) is 1. The molecule has 0 aliphatic rings. The van der Waals surface area contributed by atoms with Gasteiger partial charge in [0.1, 0.15) is 12.4 Å². The van der Waals surface area contributed by atoms with Crippen molar-refractivity contribution in [2.45, 2.75) is 25.4 Å². The lowest BCUT2D eigenvalue weighted by molar-refractivity contribution is 0.0586. The number of esters is 1. The third kappa shape index (κ3) is 3.00. The number of nitrogens with zero attached hydrogens (tertiary/aromatic N) is 3. The molecule has 0 radical (unpaired) electrons. The van der Waals surface area contributed by atoms with Crippen LogP contribution in [0, 0.1) is 0 Å². The summed E-state index contributed by atoms with van der Waals surface area (Å²) in [6.07, 6.45) is 2.24. The lowest BCUT2D eigenvalue weighted by Crippen LogP contribution is -2.32. The van der Waals surface area contributed by atoms with Gasteiger partial charge in [0.15, 0.2) is 0 Å². The van der Waals surface area contributed by atoms with Gasteiger partial charge in [-0.15, -0.1) is 16.4 Å². The van der Waals surface area contributed by atoms with E-state index in [1.165, 1.54) is 24.8 Å². The summed E-state index contributed by atoms with van der Waals surface area (Å²) in [6, 6.07) is 3.36. The van der Waals surface area contributed by atoms with Gasteiger partial charge in [0, 0.05) is 10.9 Å². The van der Waals surface area contributed by atoms with Crippen molar-refractivity contribution >= 4 is 28.9 Å². The van der Waals surface area contributed by atoms with E-state index in [2.05, 4.69) is 14.8 Å². The van der Waals surface area contributed by atoms with Crippen LogP contribution in [0.3, 0.4) is 0 Å². The van der Waals surface area contributed by atoms with Crippen LogP contribution in [0.1, 0.15) is 34.9 Å². The van der Waals surface area contributed by atoms with Gasteiger partial charge in [0.25, 0.3) is 5.82 Å². The van der Waals surface area contributed by atoms with E-state index in [0.717, 1.165) is 11.3 Å². The Hall–Kier alpha value is -1.44. The maximum absolute atomic E-state index is 11.4. The minimum absolute atomic E-state index is 0.0171. The summed E-state index contributed by atoms with van der Waals surface area (Å²) >= 11 is 7.41. The molecule has 0 aromatic carbocycles. The maximum atomic E-state index is 11.4. The van der Waals surface area contributed by atoms with Crippen molar-refractivity contribution in [1.82, 2.24) is 14.8 Å². The second-order valence-corrected chi connectivity index (χ2v) is 5.95. The van der Waals surface area contributed by atoms with Crippen LogP contribution >= 0.6 is 22.9 Å². The summed E-state index contributed by atoms with van der Waals surface area (Å²) in [5.41, 5.74) is 6.17. The van der Waals surface area contributed by atoms with E-state index < -0.39 is 5.97 Å². The highest BCUT2D eigenvalue weighted by Crippen LogP contribution is 2.31. The van der Waals surface area contributed by atoms with E-state index in [0.29, 0.717) is 4.34 Å². The Morgan fingerprint density at radius 1 is 1.60 bits per heavy atom. The van der Waals surface area contributed by atoms with Crippen LogP contribution in [-0.2, 0) is 4.74 Å². The number of nitrogens with two attached hydrogens (primary N) is 1. The smallest absolute Gasteiger partial charge is 0.377 e. The molecule has 2 aromatic rings. The first-order valence-corrected chi connectivity index (χ1v) is 7.26.